The molecule has 0 aliphatic carbocycles. The van der Waals surface area contributed by atoms with Gasteiger partial charge in [0.15, 0.2) is 11.1 Å². The first-order valence-corrected chi connectivity index (χ1v) is 3.29. The minimum Gasteiger partial charge on any atom is -0.303 e. The molecule has 1 atom stereocenters. The average Bonchev–Trinajstić information content (AvgIpc) is 1.65. The summed E-state index contributed by atoms with van der Waals surface area (Å²) >= 11 is -2.13. The summed E-state index contributed by atoms with van der Waals surface area (Å²) in [7, 11) is 0. The van der Waals surface area contributed by atoms with Crippen LogP contribution in [0.4, 0.5) is 4.39 Å². The van der Waals surface area contributed by atoms with E-state index in [1.165, 1.54) is 0 Å². The van der Waals surface area contributed by atoms with Crippen molar-refractivity contribution < 1.29 is 13.2 Å². The molecule has 0 radical (unpaired) electrons. The van der Waals surface area contributed by atoms with Gasteiger partial charge in [-0.3, -0.25) is 0 Å². The first-order chi connectivity index (χ1) is 3.66. The van der Waals surface area contributed by atoms with Crippen LogP contribution in [0.3, 0.4) is 0 Å². The molecule has 0 aromatic carbocycles. The van der Waals surface area contributed by atoms with Gasteiger partial charge in [-0.05, 0) is 6.42 Å². The van der Waals surface area contributed by atoms with Gasteiger partial charge in [0, 0.05) is 0 Å². The van der Waals surface area contributed by atoms with Gasteiger partial charge in [0.1, 0.15) is 5.83 Å². The molecule has 1 N–H and O–H groups in total. The van der Waals surface area contributed by atoms with Gasteiger partial charge in [0.05, 0.1) is 5.41 Å². The molecule has 0 saturated carbocycles. The Morgan fingerprint density at radius 3 is 2.62 bits per heavy atom. The van der Waals surface area contributed by atoms with Crippen molar-refractivity contribution in [2.75, 3.05) is 0 Å². The third-order valence-electron chi connectivity index (χ3n) is 0.566. The molecule has 0 amide bonds. The first kappa shape index (κ1) is 7.78. The van der Waals surface area contributed by atoms with Crippen molar-refractivity contribution in [2.45, 2.75) is 13.3 Å². The second-order valence-corrected chi connectivity index (χ2v) is 1.98. The number of halogens is 1. The molecule has 0 aromatic heterocycles. The highest BCUT2D eigenvalue weighted by atomic mass is 32.2. The lowest BCUT2D eigenvalue weighted by atomic mass is 10.5. The smallest absolute Gasteiger partial charge is 0.181 e. The summed E-state index contributed by atoms with van der Waals surface area (Å²) in [6.45, 7) is 1.57. The Morgan fingerprint density at radius 1 is 2.00 bits per heavy atom. The van der Waals surface area contributed by atoms with Gasteiger partial charge < -0.3 is 4.55 Å². The van der Waals surface area contributed by atoms with E-state index in [-0.39, 0.29) is 6.42 Å². The Bertz CT molecular complexity index is 121. The zero-order valence-corrected chi connectivity index (χ0v) is 5.24. The summed E-state index contributed by atoms with van der Waals surface area (Å²) in [5.74, 6) is -0.550. The van der Waals surface area contributed by atoms with E-state index in [1.807, 2.05) is 0 Å². The number of hydrogen-bond donors (Lipinski definition) is 1. The van der Waals surface area contributed by atoms with Crippen molar-refractivity contribution in [3.8, 4) is 0 Å². The van der Waals surface area contributed by atoms with Gasteiger partial charge in [-0.1, -0.05) is 6.92 Å². The number of hydrogen-bond acceptors (Lipinski definition) is 1. The molecule has 0 aliphatic rings. The van der Waals surface area contributed by atoms with Crippen LogP contribution >= 0.6 is 0 Å². The van der Waals surface area contributed by atoms with E-state index in [9.17, 15) is 8.60 Å². The SMILES string of the molecule is CCC(F)=CS(=O)O. The van der Waals surface area contributed by atoms with Crippen molar-refractivity contribution in [3.63, 3.8) is 0 Å². The van der Waals surface area contributed by atoms with Crippen LogP contribution < -0.4 is 0 Å². The van der Waals surface area contributed by atoms with Gasteiger partial charge in [-0.2, -0.15) is 0 Å². The minimum atomic E-state index is -2.13. The maximum Gasteiger partial charge on any atom is 0.181 e. The Hall–Kier alpha value is -0.220. The van der Waals surface area contributed by atoms with Gasteiger partial charge in [-0.25, -0.2) is 8.60 Å². The standard InChI is InChI=1S/C4H7FO2S/c1-2-4(5)3-8(6)7/h3H,2H2,1H3,(H,6,7). The monoisotopic (exact) mass is 138 g/mol. The minimum absolute atomic E-state index is 0.173. The van der Waals surface area contributed by atoms with E-state index >= 15 is 0 Å². The highest BCUT2D eigenvalue weighted by Crippen LogP contribution is 2.00. The summed E-state index contributed by atoms with van der Waals surface area (Å²) in [5, 5.41) is 0.667. The average molecular weight is 138 g/mol. The summed E-state index contributed by atoms with van der Waals surface area (Å²) in [6, 6.07) is 0. The molecule has 0 saturated heterocycles. The van der Waals surface area contributed by atoms with Crippen LogP contribution in [0.5, 0.6) is 0 Å². The molecule has 8 heavy (non-hydrogen) atoms. The molecular formula is C4H7FO2S. The normalized spacial score (nSPS) is 16.1. The zero-order chi connectivity index (χ0) is 6.57. The molecule has 0 aromatic rings. The lowest BCUT2D eigenvalue weighted by Crippen LogP contribution is -1.78. The fraction of sp³-hybridized carbons (Fsp3) is 0.500. The van der Waals surface area contributed by atoms with Crippen molar-refractivity contribution in [1.29, 1.82) is 0 Å². The zero-order valence-electron chi connectivity index (χ0n) is 4.43. The predicted octanol–water partition coefficient (Wildman–Crippen LogP) is 1.43. The maximum absolute atomic E-state index is 11.9. The van der Waals surface area contributed by atoms with Crippen molar-refractivity contribution in [1.82, 2.24) is 0 Å². The van der Waals surface area contributed by atoms with Crippen LogP contribution in [0.15, 0.2) is 11.2 Å². The second-order valence-electron chi connectivity index (χ2n) is 1.19. The Kier molecular flexibility index (Phi) is 3.64. The number of allylic oxidation sites excluding steroid dienone is 1. The van der Waals surface area contributed by atoms with Crippen LogP contribution in [0.25, 0.3) is 0 Å². The Morgan fingerprint density at radius 2 is 2.50 bits per heavy atom. The quantitative estimate of drug-likeness (QED) is 0.586. The summed E-state index contributed by atoms with van der Waals surface area (Å²) in [6.07, 6.45) is 0.173. The molecule has 1 unspecified atom stereocenters. The molecule has 0 fully saturated rings. The third-order valence-corrected chi connectivity index (χ3v) is 1.02. The molecule has 4 heteroatoms. The van der Waals surface area contributed by atoms with Gasteiger partial charge in [0.25, 0.3) is 0 Å². The van der Waals surface area contributed by atoms with Gasteiger partial charge in [-0.15, -0.1) is 0 Å². The van der Waals surface area contributed by atoms with Crippen LogP contribution in [0.2, 0.25) is 0 Å². The molecule has 0 spiro atoms. The fourth-order valence-electron chi connectivity index (χ4n) is 0.193. The lowest BCUT2D eigenvalue weighted by molar-refractivity contribution is 0.567. The van der Waals surface area contributed by atoms with Gasteiger partial charge in [0.2, 0.25) is 0 Å². The molecule has 0 aliphatic heterocycles. The molecule has 0 bridgehead atoms. The van der Waals surface area contributed by atoms with E-state index in [1.54, 1.807) is 6.92 Å². The van der Waals surface area contributed by atoms with E-state index in [4.69, 9.17) is 4.55 Å². The predicted molar refractivity (Wildman–Crippen MR) is 30.3 cm³/mol. The highest BCUT2D eigenvalue weighted by molar-refractivity contribution is 7.82. The first-order valence-electron chi connectivity index (χ1n) is 2.12. The topological polar surface area (TPSA) is 37.3 Å². The maximum atomic E-state index is 11.9. The molecule has 48 valence electrons. The second kappa shape index (κ2) is 3.74. The molecule has 2 nitrogen and oxygen atoms in total. The van der Waals surface area contributed by atoms with Gasteiger partial charge >= 0.3 is 0 Å². The van der Waals surface area contributed by atoms with E-state index in [2.05, 4.69) is 0 Å². The molecule has 0 rings (SSSR count). The summed E-state index contributed by atoms with van der Waals surface area (Å²) < 4.78 is 29.7. The van der Waals surface area contributed by atoms with E-state index in [0.717, 1.165) is 0 Å². The third kappa shape index (κ3) is 3.95. The molecular weight excluding hydrogens is 131 g/mol. The fourth-order valence-corrected chi connectivity index (χ4v) is 0.578. The summed E-state index contributed by atoms with van der Waals surface area (Å²) in [5.41, 5.74) is 0. The van der Waals surface area contributed by atoms with E-state index < -0.39 is 16.9 Å². The largest absolute Gasteiger partial charge is 0.303 e. The van der Waals surface area contributed by atoms with Crippen LogP contribution in [0, 0.1) is 0 Å². The van der Waals surface area contributed by atoms with Crippen LogP contribution in [-0.2, 0) is 11.1 Å². The van der Waals surface area contributed by atoms with Crippen molar-refractivity contribution in [3.05, 3.63) is 11.2 Å². The number of rotatable bonds is 2. The summed E-state index contributed by atoms with van der Waals surface area (Å²) in [4.78, 5) is 0. The molecule has 0 heterocycles. The highest BCUT2D eigenvalue weighted by Gasteiger charge is 1.90. The lowest BCUT2D eigenvalue weighted by Gasteiger charge is -1.83. The van der Waals surface area contributed by atoms with Crippen molar-refractivity contribution >= 4 is 11.1 Å². The Labute approximate surface area is 49.7 Å². The van der Waals surface area contributed by atoms with Crippen molar-refractivity contribution in [2.24, 2.45) is 0 Å². The Balaban J connectivity index is 3.75. The van der Waals surface area contributed by atoms with Crippen LogP contribution in [0.1, 0.15) is 13.3 Å². The van der Waals surface area contributed by atoms with E-state index in [0.29, 0.717) is 5.41 Å². The van der Waals surface area contributed by atoms with Crippen LogP contribution in [-0.4, -0.2) is 8.76 Å².